The molecule has 6 heteroatoms. The number of nitrogens with zero attached hydrogens (tertiary/aromatic N) is 2. The third-order valence-corrected chi connectivity index (χ3v) is 2.89. The molecule has 2 N–H and O–H groups in total. The van der Waals surface area contributed by atoms with E-state index in [0.29, 0.717) is 5.69 Å². The summed E-state index contributed by atoms with van der Waals surface area (Å²) in [6, 6.07) is -0.121. The third kappa shape index (κ3) is 1.91. The lowest BCUT2D eigenvalue weighted by molar-refractivity contribution is 0.0868. The van der Waals surface area contributed by atoms with Crippen molar-refractivity contribution >= 4 is 17.4 Å². The van der Waals surface area contributed by atoms with Gasteiger partial charge in [0.15, 0.2) is 5.69 Å². The first-order valence-corrected chi connectivity index (χ1v) is 5.37. The first-order chi connectivity index (χ1) is 6.77. The van der Waals surface area contributed by atoms with Gasteiger partial charge in [0.2, 0.25) is 0 Å². The molecule has 0 radical (unpaired) electrons. The molecule has 1 aliphatic rings. The van der Waals surface area contributed by atoms with Gasteiger partial charge in [0.05, 0.1) is 12.1 Å². The van der Waals surface area contributed by atoms with E-state index in [9.17, 15) is 9.90 Å². The van der Waals surface area contributed by atoms with Crippen molar-refractivity contribution < 1.29 is 9.90 Å². The van der Waals surface area contributed by atoms with E-state index in [4.69, 9.17) is 0 Å². The topological polar surface area (TPSA) is 75.1 Å². The van der Waals surface area contributed by atoms with Crippen LogP contribution in [0.3, 0.4) is 0 Å². The number of hydrogen-bond donors (Lipinski definition) is 2. The summed E-state index contributed by atoms with van der Waals surface area (Å²) in [6.07, 6.45) is 2.15. The predicted molar refractivity (Wildman–Crippen MR) is 51.0 cm³/mol. The van der Waals surface area contributed by atoms with E-state index in [-0.39, 0.29) is 11.9 Å². The molecule has 1 aliphatic carbocycles. The number of nitrogens with one attached hydrogen (secondary N) is 1. The smallest absolute Gasteiger partial charge is 0.273 e. The molecule has 2 atom stereocenters. The van der Waals surface area contributed by atoms with E-state index >= 15 is 0 Å². The van der Waals surface area contributed by atoms with Crippen molar-refractivity contribution in [2.24, 2.45) is 0 Å². The van der Waals surface area contributed by atoms with Crippen molar-refractivity contribution in [1.29, 1.82) is 0 Å². The van der Waals surface area contributed by atoms with Gasteiger partial charge in [-0.3, -0.25) is 4.79 Å². The summed E-state index contributed by atoms with van der Waals surface area (Å²) in [5.74, 6) is -0.246. The van der Waals surface area contributed by atoms with Gasteiger partial charge in [0, 0.05) is 5.38 Å². The number of aromatic nitrogens is 2. The molecule has 0 saturated heterocycles. The monoisotopic (exact) mass is 213 g/mol. The first-order valence-electron chi connectivity index (χ1n) is 4.53. The van der Waals surface area contributed by atoms with Crippen LogP contribution in [0, 0.1) is 0 Å². The highest BCUT2D eigenvalue weighted by Gasteiger charge is 2.27. The number of aliphatic hydroxyl groups excluding tert-OH is 1. The van der Waals surface area contributed by atoms with Gasteiger partial charge < -0.3 is 10.4 Å². The zero-order chi connectivity index (χ0) is 9.97. The van der Waals surface area contributed by atoms with Gasteiger partial charge in [0.1, 0.15) is 0 Å². The molecule has 1 aromatic rings. The molecule has 1 saturated carbocycles. The Morgan fingerprint density at radius 1 is 1.64 bits per heavy atom. The minimum absolute atomic E-state index is 0.121. The number of amides is 1. The highest BCUT2D eigenvalue weighted by Crippen LogP contribution is 2.18. The second-order valence-electron chi connectivity index (χ2n) is 3.37. The van der Waals surface area contributed by atoms with Gasteiger partial charge in [-0.1, -0.05) is 4.49 Å². The molecule has 0 aliphatic heterocycles. The van der Waals surface area contributed by atoms with Crippen molar-refractivity contribution in [2.45, 2.75) is 31.4 Å². The van der Waals surface area contributed by atoms with Crippen molar-refractivity contribution in [3.05, 3.63) is 11.1 Å². The van der Waals surface area contributed by atoms with E-state index in [1.807, 2.05) is 0 Å². The third-order valence-electron chi connectivity index (χ3n) is 2.39. The minimum atomic E-state index is -0.412. The number of hydrogen-bond acceptors (Lipinski definition) is 5. The van der Waals surface area contributed by atoms with Gasteiger partial charge >= 0.3 is 0 Å². The Morgan fingerprint density at radius 3 is 3.07 bits per heavy atom. The Balaban J connectivity index is 1.95. The Bertz CT molecular complexity index is 314. The number of rotatable bonds is 2. The molecule has 2 rings (SSSR count). The van der Waals surface area contributed by atoms with Crippen molar-refractivity contribution in [3.63, 3.8) is 0 Å². The molecule has 14 heavy (non-hydrogen) atoms. The summed E-state index contributed by atoms with van der Waals surface area (Å²) in [6.45, 7) is 0. The van der Waals surface area contributed by atoms with Crippen LogP contribution in [-0.2, 0) is 0 Å². The predicted octanol–water partition coefficient (Wildman–Crippen LogP) is 0.181. The van der Waals surface area contributed by atoms with E-state index in [0.717, 1.165) is 30.8 Å². The maximum Gasteiger partial charge on any atom is 0.273 e. The van der Waals surface area contributed by atoms with Crippen molar-refractivity contribution in [3.8, 4) is 0 Å². The first kappa shape index (κ1) is 9.54. The summed E-state index contributed by atoms with van der Waals surface area (Å²) in [4.78, 5) is 11.5. The van der Waals surface area contributed by atoms with Crippen LogP contribution in [0.15, 0.2) is 5.38 Å². The zero-order valence-corrected chi connectivity index (χ0v) is 8.33. The lowest BCUT2D eigenvalue weighted by Crippen LogP contribution is -2.39. The fourth-order valence-electron chi connectivity index (χ4n) is 1.61. The molecule has 1 amide bonds. The highest BCUT2D eigenvalue weighted by atomic mass is 32.1. The Morgan fingerprint density at radius 2 is 2.50 bits per heavy atom. The van der Waals surface area contributed by atoms with Gasteiger partial charge in [-0.15, -0.1) is 5.10 Å². The van der Waals surface area contributed by atoms with E-state index < -0.39 is 6.10 Å². The number of aliphatic hydroxyl groups is 1. The van der Waals surface area contributed by atoms with E-state index in [1.165, 1.54) is 0 Å². The molecule has 0 aromatic carbocycles. The lowest BCUT2D eigenvalue weighted by Gasteiger charge is -2.14. The summed E-state index contributed by atoms with van der Waals surface area (Å²) < 4.78 is 3.61. The van der Waals surface area contributed by atoms with Crippen molar-refractivity contribution in [1.82, 2.24) is 14.9 Å². The second kappa shape index (κ2) is 4.02. The summed E-state index contributed by atoms with van der Waals surface area (Å²) in [5, 5.41) is 17.5. The van der Waals surface area contributed by atoms with Gasteiger partial charge in [-0.05, 0) is 30.8 Å². The molecule has 1 fully saturated rings. The Kier molecular flexibility index (Phi) is 2.74. The fourth-order valence-corrected chi connectivity index (χ4v) is 2.05. The average molecular weight is 213 g/mol. The summed E-state index contributed by atoms with van der Waals surface area (Å²) in [5.41, 5.74) is 0.328. The maximum atomic E-state index is 11.5. The van der Waals surface area contributed by atoms with Crippen molar-refractivity contribution in [2.75, 3.05) is 0 Å². The van der Waals surface area contributed by atoms with E-state index in [2.05, 4.69) is 14.9 Å². The van der Waals surface area contributed by atoms with Gasteiger partial charge in [-0.25, -0.2) is 0 Å². The maximum absolute atomic E-state index is 11.5. The molecule has 1 heterocycles. The summed E-state index contributed by atoms with van der Waals surface area (Å²) >= 11 is 1.14. The van der Waals surface area contributed by atoms with Crippen LogP contribution in [-0.4, -0.2) is 32.7 Å². The number of carbonyl (C=O) groups is 1. The second-order valence-corrected chi connectivity index (χ2v) is 3.98. The number of carbonyl (C=O) groups excluding carboxylic acids is 1. The molecule has 1 aromatic heterocycles. The quantitative estimate of drug-likeness (QED) is 0.735. The standard InChI is InChI=1S/C8H11N3O2S/c12-7-3-1-2-5(7)9-8(13)6-4-14-11-10-6/h4-5,7,12H,1-3H2,(H,9,13). The zero-order valence-electron chi connectivity index (χ0n) is 7.51. The molecule has 76 valence electrons. The minimum Gasteiger partial charge on any atom is -0.391 e. The van der Waals surface area contributed by atoms with Crippen LogP contribution < -0.4 is 5.32 Å². The molecule has 2 unspecified atom stereocenters. The van der Waals surface area contributed by atoms with Crippen LogP contribution in [0.4, 0.5) is 0 Å². The fraction of sp³-hybridized carbons (Fsp3) is 0.625. The Hall–Kier alpha value is -1.01. The van der Waals surface area contributed by atoms with Crippen LogP contribution >= 0.6 is 11.5 Å². The SMILES string of the molecule is O=C(NC1CCCC1O)c1csnn1. The van der Waals surface area contributed by atoms with Gasteiger partial charge in [0.25, 0.3) is 5.91 Å². The van der Waals surface area contributed by atoms with Gasteiger partial charge in [-0.2, -0.15) is 0 Å². The molecular formula is C8H11N3O2S. The van der Waals surface area contributed by atoms with Crippen LogP contribution in [0.5, 0.6) is 0 Å². The molecule has 0 bridgehead atoms. The average Bonchev–Trinajstić information content (AvgIpc) is 2.77. The lowest BCUT2D eigenvalue weighted by atomic mass is 10.2. The summed E-state index contributed by atoms with van der Waals surface area (Å²) in [7, 11) is 0. The molecular weight excluding hydrogens is 202 g/mol. The highest BCUT2D eigenvalue weighted by molar-refractivity contribution is 7.03. The van der Waals surface area contributed by atoms with Crippen LogP contribution in [0.25, 0.3) is 0 Å². The molecule has 0 spiro atoms. The largest absolute Gasteiger partial charge is 0.391 e. The Labute approximate surface area is 85.3 Å². The normalized spacial score (nSPS) is 26.4. The van der Waals surface area contributed by atoms with Crippen LogP contribution in [0.2, 0.25) is 0 Å². The van der Waals surface area contributed by atoms with Crippen LogP contribution in [0.1, 0.15) is 29.8 Å². The molecule has 5 nitrogen and oxygen atoms in total. The van der Waals surface area contributed by atoms with E-state index in [1.54, 1.807) is 5.38 Å².